The third-order valence-corrected chi connectivity index (χ3v) is 5.39. The largest absolute Gasteiger partial charge is 0.401 e. The number of hydrogen-bond donors (Lipinski definition) is 2. The molecule has 176 valence electrons. The third kappa shape index (κ3) is 8.93. The fourth-order valence-electron chi connectivity index (χ4n) is 3.87. The minimum absolute atomic E-state index is 0. The maximum atomic E-state index is 12.5. The molecular weight excluding hydrogens is 524 g/mol. The minimum Gasteiger partial charge on any atom is -0.356 e. The Balaban J connectivity index is 0.00000341. The van der Waals surface area contributed by atoms with Crippen molar-refractivity contribution in [1.29, 1.82) is 0 Å². The number of piperazine rings is 1. The van der Waals surface area contributed by atoms with Gasteiger partial charge in [-0.15, -0.1) is 24.0 Å². The number of likely N-dealkylation sites (tertiary alicyclic amines) is 1. The fourth-order valence-corrected chi connectivity index (χ4v) is 3.87. The summed E-state index contributed by atoms with van der Waals surface area (Å²) in [4.78, 5) is 18.9. The van der Waals surface area contributed by atoms with Crippen LogP contribution in [0.2, 0.25) is 0 Å². The summed E-state index contributed by atoms with van der Waals surface area (Å²) < 4.78 is 37.6. The molecule has 0 amide bonds. The summed E-state index contributed by atoms with van der Waals surface area (Å²) in [6.07, 6.45) is 1.04. The molecule has 2 aliphatic rings. The van der Waals surface area contributed by atoms with Crippen LogP contribution in [0.3, 0.4) is 0 Å². The van der Waals surface area contributed by atoms with Crippen LogP contribution in [0.1, 0.15) is 12.8 Å². The van der Waals surface area contributed by atoms with Gasteiger partial charge in [-0.3, -0.25) is 14.8 Å². The lowest BCUT2D eigenvalue weighted by atomic mass is 10.2. The van der Waals surface area contributed by atoms with Crippen molar-refractivity contribution in [3.8, 4) is 0 Å². The molecule has 2 saturated heterocycles. The van der Waals surface area contributed by atoms with E-state index in [1.54, 1.807) is 19.4 Å². The second kappa shape index (κ2) is 12.6. The number of nitrogens with one attached hydrogen (secondary N) is 2. The van der Waals surface area contributed by atoms with E-state index in [1.807, 2.05) is 6.07 Å². The highest BCUT2D eigenvalue weighted by Crippen LogP contribution is 2.19. The Bertz CT molecular complexity index is 668. The SMILES string of the molecule is CN=C(NCCCN1CCN(c2ncccn2)CC1)NC1CCN(CC(F)(F)F)C1.I. The van der Waals surface area contributed by atoms with Gasteiger partial charge in [0, 0.05) is 71.3 Å². The molecule has 2 aliphatic heterocycles. The zero-order valence-corrected chi connectivity index (χ0v) is 20.1. The summed E-state index contributed by atoms with van der Waals surface area (Å²) in [5.74, 6) is 1.44. The Morgan fingerprint density at radius 1 is 1.13 bits per heavy atom. The lowest BCUT2D eigenvalue weighted by Gasteiger charge is -2.34. The second-order valence-corrected chi connectivity index (χ2v) is 7.71. The predicted octanol–water partition coefficient (Wildman–Crippen LogP) is 1.41. The summed E-state index contributed by atoms with van der Waals surface area (Å²) in [5, 5.41) is 6.51. The van der Waals surface area contributed by atoms with Gasteiger partial charge in [0.05, 0.1) is 6.54 Å². The summed E-state index contributed by atoms with van der Waals surface area (Å²) >= 11 is 0. The molecule has 1 atom stereocenters. The van der Waals surface area contributed by atoms with E-state index < -0.39 is 12.7 Å². The zero-order chi connectivity index (χ0) is 21.4. The molecule has 31 heavy (non-hydrogen) atoms. The van der Waals surface area contributed by atoms with Crippen LogP contribution >= 0.6 is 24.0 Å². The van der Waals surface area contributed by atoms with Crippen molar-refractivity contribution in [3.05, 3.63) is 18.5 Å². The monoisotopic (exact) mass is 556 g/mol. The Kier molecular flexibility index (Phi) is 10.5. The molecule has 3 rings (SSSR count). The van der Waals surface area contributed by atoms with Crippen LogP contribution in [-0.2, 0) is 0 Å². The topological polar surface area (TPSA) is 71.9 Å². The molecule has 8 nitrogen and oxygen atoms in total. The molecular formula is C19H32F3IN8. The first kappa shape index (κ1) is 25.8. The van der Waals surface area contributed by atoms with Crippen molar-refractivity contribution in [2.24, 2.45) is 4.99 Å². The Morgan fingerprint density at radius 2 is 1.84 bits per heavy atom. The highest BCUT2D eigenvalue weighted by atomic mass is 127. The summed E-state index contributed by atoms with van der Waals surface area (Å²) in [5.41, 5.74) is 0. The van der Waals surface area contributed by atoms with Crippen LogP contribution in [0.15, 0.2) is 23.5 Å². The smallest absolute Gasteiger partial charge is 0.356 e. The number of aromatic nitrogens is 2. The van der Waals surface area contributed by atoms with E-state index in [2.05, 4.69) is 35.4 Å². The highest BCUT2D eigenvalue weighted by Gasteiger charge is 2.34. The average molecular weight is 556 g/mol. The van der Waals surface area contributed by atoms with E-state index in [0.29, 0.717) is 25.5 Å². The Morgan fingerprint density at radius 3 is 2.48 bits per heavy atom. The van der Waals surface area contributed by atoms with E-state index >= 15 is 0 Å². The van der Waals surface area contributed by atoms with Crippen LogP contribution in [-0.4, -0.2) is 104 Å². The molecule has 0 saturated carbocycles. The summed E-state index contributed by atoms with van der Waals surface area (Å²) in [6, 6.07) is 1.81. The zero-order valence-electron chi connectivity index (χ0n) is 17.8. The van der Waals surface area contributed by atoms with Gasteiger partial charge in [-0.2, -0.15) is 13.2 Å². The van der Waals surface area contributed by atoms with Crippen molar-refractivity contribution in [3.63, 3.8) is 0 Å². The van der Waals surface area contributed by atoms with Gasteiger partial charge in [-0.05, 0) is 25.5 Å². The van der Waals surface area contributed by atoms with Gasteiger partial charge in [0.2, 0.25) is 5.95 Å². The molecule has 2 N–H and O–H groups in total. The first-order valence-electron chi connectivity index (χ1n) is 10.4. The number of alkyl halides is 3. The van der Waals surface area contributed by atoms with Gasteiger partial charge >= 0.3 is 6.18 Å². The molecule has 1 aromatic rings. The molecule has 0 aromatic carbocycles. The van der Waals surface area contributed by atoms with Crippen molar-refractivity contribution >= 4 is 35.9 Å². The third-order valence-electron chi connectivity index (χ3n) is 5.39. The first-order valence-corrected chi connectivity index (χ1v) is 10.4. The van der Waals surface area contributed by atoms with Crippen LogP contribution < -0.4 is 15.5 Å². The molecule has 1 aromatic heterocycles. The van der Waals surface area contributed by atoms with Gasteiger partial charge in [0.1, 0.15) is 0 Å². The number of halogens is 4. The van der Waals surface area contributed by atoms with Crippen LogP contribution in [0.5, 0.6) is 0 Å². The Labute approximate surface area is 198 Å². The van der Waals surface area contributed by atoms with Crippen LogP contribution in [0.4, 0.5) is 19.1 Å². The minimum atomic E-state index is -4.14. The van der Waals surface area contributed by atoms with E-state index in [-0.39, 0.29) is 30.0 Å². The predicted molar refractivity (Wildman–Crippen MR) is 126 cm³/mol. The molecule has 12 heteroatoms. The molecule has 2 fully saturated rings. The second-order valence-electron chi connectivity index (χ2n) is 7.71. The van der Waals surface area contributed by atoms with Gasteiger partial charge in [0.15, 0.2) is 5.96 Å². The van der Waals surface area contributed by atoms with Gasteiger partial charge in [0.25, 0.3) is 0 Å². The number of guanidine groups is 1. The number of aliphatic imine (C=N–C) groups is 1. The average Bonchev–Trinajstić information content (AvgIpc) is 3.16. The fraction of sp³-hybridized carbons (Fsp3) is 0.737. The number of hydrogen-bond acceptors (Lipinski definition) is 6. The van der Waals surface area contributed by atoms with Crippen molar-refractivity contribution in [2.45, 2.75) is 25.1 Å². The standard InChI is InChI=1S/C19H31F3N8.HI/c1-23-17(27-16-4-9-29(14-16)15-19(20,21)22)24-7-3-8-28-10-12-30(13-11-28)18-25-5-2-6-26-18;/h2,5-6,16H,3-4,7-15H2,1H3,(H2,23,24,27);1H. The van der Waals surface area contributed by atoms with Gasteiger partial charge < -0.3 is 15.5 Å². The van der Waals surface area contributed by atoms with E-state index in [9.17, 15) is 13.2 Å². The quantitative estimate of drug-likeness (QED) is 0.228. The maximum absolute atomic E-state index is 12.5. The van der Waals surface area contributed by atoms with Crippen LogP contribution in [0.25, 0.3) is 0 Å². The van der Waals surface area contributed by atoms with E-state index in [4.69, 9.17) is 0 Å². The van der Waals surface area contributed by atoms with Crippen molar-refractivity contribution in [1.82, 2.24) is 30.4 Å². The molecule has 0 radical (unpaired) electrons. The van der Waals surface area contributed by atoms with E-state index in [1.165, 1.54) is 4.90 Å². The number of rotatable bonds is 7. The normalized spacial score (nSPS) is 21.1. The lowest BCUT2D eigenvalue weighted by Crippen LogP contribution is -2.48. The van der Waals surface area contributed by atoms with Gasteiger partial charge in [-0.1, -0.05) is 0 Å². The van der Waals surface area contributed by atoms with Gasteiger partial charge in [-0.25, -0.2) is 9.97 Å². The first-order chi connectivity index (χ1) is 14.4. The number of anilines is 1. The van der Waals surface area contributed by atoms with Crippen molar-refractivity contribution < 1.29 is 13.2 Å². The summed E-state index contributed by atoms with van der Waals surface area (Å²) in [6.45, 7) is 5.51. The highest BCUT2D eigenvalue weighted by molar-refractivity contribution is 14.0. The molecule has 0 spiro atoms. The lowest BCUT2D eigenvalue weighted by molar-refractivity contribution is -0.143. The van der Waals surface area contributed by atoms with E-state index in [0.717, 1.165) is 51.6 Å². The molecule has 1 unspecified atom stereocenters. The molecule has 0 bridgehead atoms. The maximum Gasteiger partial charge on any atom is 0.401 e. The van der Waals surface area contributed by atoms with Crippen LogP contribution in [0, 0.1) is 0 Å². The molecule has 0 aliphatic carbocycles. The number of nitrogens with zero attached hydrogens (tertiary/aromatic N) is 6. The summed E-state index contributed by atoms with van der Waals surface area (Å²) in [7, 11) is 1.68. The Hall–Kier alpha value is -1.41. The van der Waals surface area contributed by atoms with Crippen molar-refractivity contribution in [2.75, 3.05) is 70.9 Å². The molecule has 3 heterocycles.